The summed E-state index contributed by atoms with van der Waals surface area (Å²) in [5.41, 5.74) is -15.7. The monoisotopic (exact) mass is 544 g/mol. The van der Waals surface area contributed by atoms with Crippen molar-refractivity contribution in [3.8, 4) is 11.5 Å². The highest BCUT2D eigenvalue weighted by Crippen LogP contribution is 2.44. The van der Waals surface area contributed by atoms with Crippen molar-refractivity contribution in [3.63, 3.8) is 0 Å². The quantitative estimate of drug-likeness (QED) is 0.242. The lowest BCUT2D eigenvalue weighted by atomic mass is 10.1. The van der Waals surface area contributed by atoms with E-state index in [-0.39, 0.29) is 17.9 Å². The molecule has 0 N–H and O–H groups in total. The van der Waals surface area contributed by atoms with Crippen molar-refractivity contribution in [1.29, 1.82) is 0 Å². The summed E-state index contributed by atoms with van der Waals surface area (Å²) in [6.45, 7) is 0. The van der Waals surface area contributed by atoms with Gasteiger partial charge in [-0.05, 0) is 29.0 Å². The highest BCUT2D eigenvalue weighted by atomic mass is 32.3. The standard InChI is InChI=1S/C18H10F6N2O7S2/c19-17(20,21)34(29,30)26(35(31,32)18(22,23)24)15-8-6-13(25(27)28)10-16(15)33-14-7-5-11-3-1-2-4-12(11)9-14/h1-10H. The third-order valence-corrected chi connectivity index (χ3v) is 7.94. The summed E-state index contributed by atoms with van der Waals surface area (Å²) < 4.78 is 131. The molecule has 0 bridgehead atoms. The molecule has 0 amide bonds. The third-order valence-electron chi connectivity index (χ3n) is 4.32. The molecule has 0 aliphatic rings. The van der Waals surface area contributed by atoms with Crippen molar-refractivity contribution in [2.45, 2.75) is 11.0 Å². The molecule has 35 heavy (non-hydrogen) atoms. The number of nitro groups is 1. The van der Waals surface area contributed by atoms with Crippen molar-refractivity contribution in [3.05, 3.63) is 70.8 Å². The van der Waals surface area contributed by atoms with E-state index in [0.717, 1.165) is 0 Å². The number of nitrogens with zero attached hydrogens (tertiary/aromatic N) is 2. The number of rotatable bonds is 6. The minimum absolute atomic E-state index is 0.0844. The van der Waals surface area contributed by atoms with Crippen LogP contribution in [0, 0.1) is 10.1 Å². The lowest BCUT2D eigenvalue weighted by Gasteiger charge is -2.26. The summed E-state index contributed by atoms with van der Waals surface area (Å²) in [5, 5.41) is 12.2. The third kappa shape index (κ3) is 4.81. The Labute approximate surface area is 192 Å². The number of ether oxygens (including phenoxy) is 1. The van der Waals surface area contributed by atoms with Crippen LogP contribution in [0.2, 0.25) is 0 Å². The van der Waals surface area contributed by atoms with Gasteiger partial charge in [-0.15, -0.1) is 3.71 Å². The lowest BCUT2D eigenvalue weighted by molar-refractivity contribution is -0.384. The van der Waals surface area contributed by atoms with Crippen molar-refractivity contribution < 1.29 is 52.8 Å². The van der Waals surface area contributed by atoms with Gasteiger partial charge in [-0.25, -0.2) is 0 Å². The van der Waals surface area contributed by atoms with E-state index in [9.17, 15) is 53.3 Å². The van der Waals surface area contributed by atoms with Crippen LogP contribution in [0.15, 0.2) is 60.7 Å². The van der Waals surface area contributed by atoms with E-state index >= 15 is 0 Å². The first-order valence-electron chi connectivity index (χ1n) is 8.85. The van der Waals surface area contributed by atoms with E-state index < -0.39 is 56.8 Å². The Morgan fingerprint density at radius 2 is 1.31 bits per heavy atom. The van der Waals surface area contributed by atoms with Crippen molar-refractivity contribution >= 4 is 42.2 Å². The van der Waals surface area contributed by atoms with Crippen LogP contribution < -0.4 is 8.45 Å². The van der Waals surface area contributed by atoms with Gasteiger partial charge in [-0.1, -0.05) is 30.3 Å². The van der Waals surface area contributed by atoms with Gasteiger partial charge in [0.25, 0.3) is 5.69 Å². The number of alkyl halides is 6. The average Bonchev–Trinajstić information content (AvgIpc) is 2.72. The zero-order valence-electron chi connectivity index (χ0n) is 16.6. The molecule has 0 unspecified atom stereocenters. The van der Waals surface area contributed by atoms with E-state index in [1.807, 2.05) is 0 Å². The fourth-order valence-electron chi connectivity index (χ4n) is 2.78. The number of fused-ring (bicyclic) bond motifs is 1. The molecule has 0 fully saturated rings. The molecule has 0 saturated carbocycles. The first kappa shape index (κ1) is 26.0. The fraction of sp³-hybridized carbons (Fsp3) is 0.111. The van der Waals surface area contributed by atoms with Crippen LogP contribution >= 0.6 is 0 Å². The van der Waals surface area contributed by atoms with Crippen molar-refractivity contribution in [2.24, 2.45) is 0 Å². The molecule has 3 aromatic carbocycles. The predicted octanol–water partition coefficient (Wildman–Crippen LogP) is 5.05. The van der Waals surface area contributed by atoms with Crippen LogP contribution in [0.5, 0.6) is 11.5 Å². The second-order valence-electron chi connectivity index (χ2n) is 6.62. The predicted molar refractivity (Wildman–Crippen MR) is 110 cm³/mol. The summed E-state index contributed by atoms with van der Waals surface area (Å²) in [6.07, 6.45) is 0. The maximum absolute atomic E-state index is 13.2. The molecule has 188 valence electrons. The topological polar surface area (TPSA) is 124 Å². The maximum Gasteiger partial charge on any atom is 0.517 e. The van der Waals surface area contributed by atoms with Gasteiger partial charge in [0, 0.05) is 6.07 Å². The van der Waals surface area contributed by atoms with Gasteiger partial charge < -0.3 is 4.74 Å². The first-order chi connectivity index (χ1) is 16.0. The van der Waals surface area contributed by atoms with Gasteiger partial charge in [0.15, 0.2) is 5.75 Å². The number of benzene rings is 3. The van der Waals surface area contributed by atoms with E-state index in [1.54, 1.807) is 24.3 Å². The summed E-state index contributed by atoms with van der Waals surface area (Å²) in [6, 6.07) is 10.9. The Kier molecular flexibility index (Phi) is 6.36. The molecule has 9 nitrogen and oxygen atoms in total. The van der Waals surface area contributed by atoms with Gasteiger partial charge >= 0.3 is 31.1 Å². The smallest absolute Gasteiger partial charge is 0.455 e. The van der Waals surface area contributed by atoms with Gasteiger partial charge in [0.2, 0.25) is 0 Å². The number of hydrogen-bond donors (Lipinski definition) is 0. The fourth-order valence-corrected chi connectivity index (χ4v) is 5.52. The molecule has 0 aliphatic carbocycles. The summed E-state index contributed by atoms with van der Waals surface area (Å²) in [4.78, 5) is 10.0. The molecule has 0 aromatic heterocycles. The number of hydrogen-bond acceptors (Lipinski definition) is 7. The zero-order valence-corrected chi connectivity index (χ0v) is 18.2. The minimum atomic E-state index is -7.24. The molecule has 0 spiro atoms. The largest absolute Gasteiger partial charge is 0.517 e. The van der Waals surface area contributed by atoms with Crippen LogP contribution in [0.4, 0.5) is 37.7 Å². The normalized spacial score (nSPS) is 13.0. The van der Waals surface area contributed by atoms with E-state index in [4.69, 9.17) is 4.74 Å². The van der Waals surface area contributed by atoms with Gasteiger partial charge in [0.05, 0.1) is 11.0 Å². The molecular formula is C18H10F6N2O7S2. The summed E-state index contributed by atoms with van der Waals surface area (Å²) in [7, 11) is -14.5. The van der Waals surface area contributed by atoms with Gasteiger partial charge in [-0.3, -0.25) is 10.1 Å². The summed E-state index contributed by atoms with van der Waals surface area (Å²) in [5.74, 6) is -1.59. The Morgan fingerprint density at radius 3 is 1.83 bits per heavy atom. The number of sulfonamides is 2. The van der Waals surface area contributed by atoms with E-state index in [0.29, 0.717) is 16.8 Å². The lowest BCUT2D eigenvalue weighted by Crippen LogP contribution is -2.49. The Balaban J connectivity index is 2.32. The molecule has 0 aliphatic heterocycles. The highest BCUT2D eigenvalue weighted by Gasteiger charge is 2.62. The second-order valence-corrected chi connectivity index (χ2v) is 10.4. The molecule has 0 radical (unpaired) electrons. The van der Waals surface area contributed by atoms with Crippen LogP contribution in [0.3, 0.4) is 0 Å². The van der Waals surface area contributed by atoms with Crippen molar-refractivity contribution in [1.82, 2.24) is 0 Å². The van der Waals surface area contributed by atoms with Crippen LogP contribution in [0.25, 0.3) is 10.8 Å². The van der Waals surface area contributed by atoms with Gasteiger partial charge in [0.1, 0.15) is 11.4 Å². The molecular weight excluding hydrogens is 534 g/mol. The highest BCUT2D eigenvalue weighted by molar-refractivity contribution is 8.11. The first-order valence-corrected chi connectivity index (χ1v) is 11.7. The summed E-state index contributed by atoms with van der Waals surface area (Å²) >= 11 is 0. The molecule has 0 heterocycles. The average molecular weight is 544 g/mol. The Morgan fingerprint density at radius 1 is 0.771 bits per heavy atom. The van der Waals surface area contributed by atoms with E-state index in [2.05, 4.69) is 0 Å². The van der Waals surface area contributed by atoms with Crippen molar-refractivity contribution in [2.75, 3.05) is 3.71 Å². The van der Waals surface area contributed by atoms with E-state index in [1.165, 1.54) is 18.2 Å². The van der Waals surface area contributed by atoms with Crippen LogP contribution in [-0.4, -0.2) is 32.8 Å². The number of non-ortho nitro benzene ring substituents is 1. The maximum atomic E-state index is 13.2. The Hall–Kier alpha value is -3.60. The molecule has 0 saturated heterocycles. The zero-order chi connectivity index (χ0) is 26.4. The second kappa shape index (κ2) is 8.56. The number of halogens is 6. The van der Waals surface area contributed by atoms with Gasteiger partial charge in [-0.2, -0.15) is 43.2 Å². The molecule has 3 aromatic rings. The number of anilines is 1. The Bertz CT molecular complexity index is 1480. The molecule has 0 atom stereocenters. The molecule has 17 heteroatoms. The molecule has 3 rings (SSSR count). The minimum Gasteiger partial charge on any atom is -0.455 e. The van der Waals surface area contributed by atoms with Crippen LogP contribution in [0.1, 0.15) is 0 Å². The number of nitro benzene ring substituents is 1. The van der Waals surface area contributed by atoms with Crippen LogP contribution in [-0.2, 0) is 20.0 Å². The SMILES string of the molecule is O=[N+]([O-])c1ccc(N(S(=O)(=O)C(F)(F)F)S(=O)(=O)C(F)(F)F)c(Oc2ccc3ccccc3c2)c1.